The quantitative estimate of drug-likeness (QED) is 0.725. The molecule has 0 aliphatic heterocycles. The summed E-state index contributed by atoms with van der Waals surface area (Å²) in [6.07, 6.45) is 0. The molecule has 2 aromatic carbocycles. The average Bonchev–Trinajstić information content (AvgIpc) is 2.96. The second-order valence-corrected chi connectivity index (χ2v) is 6.62. The lowest BCUT2D eigenvalue weighted by atomic mass is 10.2. The molecule has 5 heteroatoms. The first kappa shape index (κ1) is 15.7. The second kappa shape index (κ2) is 6.54. The topological polar surface area (TPSA) is 55.1 Å². The van der Waals surface area contributed by atoms with Crippen LogP contribution in [0.2, 0.25) is 0 Å². The third kappa shape index (κ3) is 3.62. The summed E-state index contributed by atoms with van der Waals surface area (Å²) in [5.41, 5.74) is 3.02. The van der Waals surface area contributed by atoms with Gasteiger partial charge in [0.15, 0.2) is 11.5 Å². The van der Waals surface area contributed by atoms with Gasteiger partial charge in [0.05, 0.1) is 0 Å². The maximum Gasteiger partial charge on any atom is 0.251 e. The molecule has 0 bridgehead atoms. The van der Waals surface area contributed by atoms with Crippen LogP contribution in [0.15, 0.2) is 51.4 Å². The largest absolute Gasteiger partial charge is 0.440 e. The van der Waals surface area contributed by atoms with Crippen molar-refractivity contribution in [1.29, 1.82) is 0 Å². The summed E-state index contributed by atoms with van der Waals surface area (Å²) in [6, 6.07) is 13.2. The minimum Gasteiger partial charge on any atom is -0.440 e. The molecule has 118 valence electrons. The maximum absolute atomic E-state index is 12.3. The molecule has 4 nitrogen and oxygen atoms in total. The van der Waals surface area contributed by atoms with E-state index in [0.29, 0.717) is 23.6 Å². The van der Waals surface area contributed by atoms with E-state index in [1.54, 1.807) is 12.1 Å². The third-order valence-corrected chi connectivity index (χ3v) is 4.00. The predicted octanol–water partition coefficient (Wildman–Crippen LogP) is 4.64. The number of carbonyl (C=O) groups excluding carboxylic acids is 1. The Morgan fingerprint density at radius 3 is 2.83 bits per heavy atom. The van der Waals surface area contributed by atoms with Crippen molar-refractivity contribution < 1.29 is 9.21 Å². The fraction of sp³-hybridized carbons (Fsp3) is 0.222. The van der Waals surface area contributed by atoms with Gasteiger partial charge in [-0.2, -0.15) is 0 Å². The Balaban J connectivity index is 1.75. The number of amides is 1. The van der Waals surface area contributed by atoms with E-state index in [9.17, 15) is 4.79 Å². The zero-order valence-corrected chi connectivity index (χ0v) is 14.6. The number of halogens is 1. The standard InChI is InChI=1S/C18H17BrN2O2/c1-11(2)18-21-15-7-6-13(9-16(15)23-18)17(22)20-10-12-4-3-5-14(19)8-12/h3-9,11H,10H2,1-2H3,(H,20,22). The summed E-state index contributed by atoms with van der Waals surface area (Å²) in [5, 5.41) is 2.91. The summed E-state index contributed by atoms with van der Waals surface area (Å²) in [6.45, 7) is 4.52. The van der Waals surface area contributed by atoms with Crippen LogP contribution < -0.4 is 5.32 Å². The molecular formula is C18H17BrN2O2. The summed E-state index contributed by atoms with van der Waals surface area (Å²) in [5.74, 6) is 0.775. The van der Waals surface area contributed by atoms with Gasteiger partial charge in [0.1, 0.15) is 5.52 Å². The van der Waals surface area contributed by atoms with Gasteiger partial charge >= 0.3 is 0 Å². The Hall–Kier alpha value is -2.14. The van der Waals surface area contributed by atoms with Crippen LogP contribution in [0.25, 0.3) is 11.1 Å². The van der Waals surface area contributed by atoms with Gasteiger partial charge < -0.3 is 9.73 Å². The lowest BCUT2D eigenvalue weighted by molar-refractivity contribution is 0.0951. The zero-order valence-electron chi connectivity index (χ0n) is 13.0. The number of benzene rings is 2. The van der Waals surface area contributed by atoms with Crippen molar-refractivity contribution in [2.75, 3.05) is 0 Å². The van der Waals surface area contributed by atoms with Crippen LogP contribution in [-0.2, 0) is 6.54 Å². The smallest absolute Gasteiger partial charge is 0.251 e. The molecule has 0 aliphatic rings. The Kier molecular flexibility index (Phi) is 4.48. The molecule has 1 heterocycles. The van der Waals surface area contributed by atoms with Crippen molar-refractivity contribution in [1.82, 2.24) is 10.3 Å². The van der Waals surface area contributed by atoms with E-state index in [2.05, 4.69) is 26.2 Å². The van der Waals surface area contributed by atoms with Gasteiger partial charge in [-0.05, 0) is 35.9 Å². The number of nitrogens with one attached hydrogen (secondary N) is 1. The van der Waals surface area contributed by atoms with Crippen LogP contribution in [0.3, 0.4) is 0 Å². The molecule has 1 N–H and O–H groups in total. The van der Waals surface area contributed by atoms with E-state index < -0.39 is 0 Å². The molecule has 0 unspecified atom stereocenters. The Bertz CT molecular complexity index is 855. The number of aromatic nitrogens is 1. The molecule has 0 aliphatic carbocycles. The number of hydrogen-bond donors (Lipinski definition) is 1. The summed E-state index contributed by atoms with van der Waals surface area (Å²) >= 11 is 3.42. The van der Waals surface area contributed by atoms with Crippen LogP contribution in [-0.4, -0.2) is 10.9 Å². The van der Waals surface area contributed by atoms with Crippen molar-refractivity contribution >= 4 is 32.9 Å². The monoisotopic (exact) mass is 372 g/mol. The molecule has 1 aromatic heterocycles. The molecule has 3 aromatic rings. The van der Waals surface area contributed by atoms with E-state index in [0.717, 1.165) is 15.6 Å². The summed E-state index contributed by atoms with van der Waals surface area (Å²) < 4.78 is 6.70. The molecular weight excluding hydrogens is 356 g/mol. The highest BCUT2D eigenvalue weighted by Crippen LogP contribution is 2.22. The van der Waals surface area contributed by atoms with Crippen molar-refractivity contribution in [2.24, 2.45) is 0 Å². The van der Waals surface area contributed by atoms with E-state index in [1.165, 1.54) is 0 Å². The van der Waals surface area contributed by atoms with Gasteiger partial charge in [0, 0.05) is 22.5 Å². The van der Waals surface area contributed by atoms with Gasteiger partial charge in [-0.15, -0.1) is 0 Å². The summed E-state index contributed by atoms with van der Waals surface area (Å²) in [4.78, 5) is 16.7. The highest BCUT2D eigenvalue weighted by molar-refractivity contribution is 9.10. The van der Waals surface area contributed by atoms with Crippen molar-refractivity contribution in [3.8, 4) is 0 Å². The highest BCUT2D eigenvalue weighted by Gasteiger charge is 2.12. The highest BCUT2D eigenvalue weighted by atomic mass is 79.9. The average molecular weight is 373 g/mol. The van der Waals surface area contributed by atoms with E-state index in [4.69, 9.17) is 4.42 Å². The van der Waals surface area contributed by atoms with E-state index in [-0.39, 0.29) is 11.8 Å². The van der Waals surface area contributed by atoms with Crippen molar-refractivity contribution in [3.63, 3.8) is 0 Å². The van der Waals surface area contributed by atoms with Gasteiger partial charge in [0.25, 0.3) is 5.91 Å². The van der Waals surface area contributed by atoms with Crippen LogP contribution in [0.1, 0.15) is 41.6 Å². The Morgan fingerprint density at radius 1 is 1.26 bits per heavy atom. The van der Waals surface area contributed by atoms with Crippen LogP contribution in [0, 0.1) is 0 Å². The van der Waals surface area contributed by atoms with Crippen molar-refractivity contribution in [2.45, 2.75) is 26.3 Å². The summed E-state index contributed by atoms with van der Waals surface area (Å²) in [7, 11) is 0. The first-order valence-corrected chi connectivity index (χ1v) is 8.25. The van der Waals surface area contributed by atoms with Crippen LogP contribution in [0.4, 0.5) is 0 Å². The normalized spacial score (nSPS) is 11.1. The minimum absolute atomic E-state index is 0.130. The third-order valence-electron chi connectivity index (χ3n) is 3.50. The van der Waals surface area contributed by atoms with Gasteiger partial charge in [-0.3, -0.25) is 4.79 Å². The molecule has 0 radical (unpaired) electrons. The zero-order chi connectivity index (χ0) is 16.4. The first-order valence-electron chi connectivity index (χ1n) is 7.46. The predicted molar refractivity (Wildman–Crippen MR) is 93.4 cm³/mol. The van der Waals surface area contributed by atoms with Crippen molar-refractivity contribution in [3.05, 3.63) is 64.0 Å². The number of hydrogen-bond acceptors (Lipinski definition) is 3. The van der Waals surface area contributed by atoms with Gasteiger partial charge in [-0.25, -0.2) is 4.98 Å². The molecule has 23 heavy (non-hydrogen) atoms. The fourth-order valence-corrected chi connectivity index (χ4v) is 2.71. The lowest BCUT2D eigenvalue weighted by Gasteiger charge is -2.05. The fourth-order valence-electron chi connectivity index (χ4n) is 2.26. The number of fused-ring (bicyclic) bond motifs is 1. The number of nitrogens with zero attached hydrogens (tertiary/aromatic N) is 1. The SMILES string of the molecule is CC(C)c1nc2ccc(C(=O)NCc3cccc(Br)c3)cc2o1. The lowest BCUT2D eigenvalue weighted by Crippen LogP contribution is -2.22. The Labute approximate surface area is 143 Å². The number of carbonyl (C=O) groups is 1. The van der Waals surface area contributed by atoms with Crippen LogP contribution in [0.5, 0.6) is 0 Å². The number of rotatable bonds is 4. The molecule has 0 atom stereocenters. The van der Waals surface area contributed by atoms with Gasteiger partial charge in [0.2, 0.25) is 0 Å². The molecule has 1 amide bonds. The van der Waals surface area contributed by atoms with Crippen LogP contribution >= 0.6 is 15.9 Å². The molecule has 0 fully saturated rings. The van der Waals surface area contributed by atoms with Gasteiger partial charge in [-0.1, -0.05) is 41.9 Å². The second-order valence-electron chi connectivity index (χ2n) is 5.70. The molecule has 0 saturated carbocycles. The number of oxazole rings is 1. The van der Waals surface area contributed by atoms with E-state index >= 15 is 0 Å². The molecule has 3 rings (SSSR count). The minimum atomic E-state index is -0.130. The van der Waals surface area contributed by atoms with E-state index in [1.807, 2.05) is 44.2 Å². The maximum atomic E-state index is 12.3. The molecule has 0 spiro atoms. The Morgan fingerprint density at radius 2 is 2.09 bits per heavy atom. The molecule has 0 saturated heterocycles. The first-order chi connectivity index (χ1) is 11.0.